The lowest BCUT2D eigenvalue weighted by Crippen LogP contribution is -2.34. The predicted octanol–water partition coefficient (Wildman–Crippen LogP) is 2.39. The van der Waals surface area contributed by atoms with Gasteiger partial charge >= 0.3 is 0 Å². The Morgan fingerprint density at radius 3 is 2.50 bits per heavy atom. The van der Waals surface area contributed by atoms with Gasteiger partial charge in [0.1, 0.15) is 12.4 Å². The third-order valence-electron chi connectivity index (χ3n) is 2.88. The van der Waals surface area contributed by atoms with Crippen LogP contribution in [-0.2, 0) is 0 Å². The minimum Gasteiger partial charge on any atom is -0.492 e. The van der Waals surface area contributed by atoms with Crippen molar-refractivity contribution in [2.45, 2.75) is 20.3 Å². The van der Waals surface area contributed by atoms with Crippen molar-refractivity contribution in [3.63, 3.8) is 0 Å². The summed E-state index contributed by atoms with van der Waals surface area (Å²) in [5.41, 5.74) is 0. The number of benzene rings is 1. The van der Waals surface area contributed by atoms with Gasteiger partial charge in [-0.3, -0.25) is 0 Å². The quantitative estimate of drug-likeness (QED) is 0.645. The van der Waals surface area contributed by atoms with Crippen molar-refractivity contribution < 1.29 is 4.74 Å². The lowest BCUT2D eigenvalue weighted by molar-refractivity contribution is 0.276. The first-order valence-corrected chi connectivity index (χ1v) is 6.97. The van der Waals surface area contributed by atoms with Crippen molar-refractivity contribution in [3.8, 4) is 5.75 Å². The maximum atomic E-state index is 5.61. The number of hydrogen-bond donors (Lipinski definition) is 1. The molecule has 102 valence electrons. The molecule has 0 radical (unpaired) electrons. The molecular weight excluding hydrogens is 224 g/mol. The van der Waals surface area contributed by atoms with Crippen molar-refractivity contribution in [1.82, 2.24) is 10.2 Å². The van der Waals surface area contributed by atoms with Crippen LogP contribution in [0.3, 0.4) is 0 Å². The monoisotopic (exact) mass is 250 g/mol. The zero-order chi connectivity index (χ0) is 13.1. The molecule has 0 atom stereocenters. The number of ether oxygens (including phenoxy) is 1. The van der Waals surface area contributed by atoms with E-state index in [0.29, 0.717) is 0 Å². The second-order valence-electron chi connectivity index (χ2n) is 4.35. The molecule has 1 aromatic carbocycles. The minimum atomic E-state index is 0.726. The third kappa shape index (κ3) is 6.62. The van der Waals surface area contributed by atoms with Gasteiger partial charge in [0.2, 0.25) is 0 Å². The fourth-order valence-electron chi connectivity index (χ4n) is 1.86. The van der Waals surface area contributed by atoms with Crippen molar-refractivity contribution >= 4 is 0 Å². The van der Waals surface area contributed by atoms with E-state index in [-0.39, 0.29) is 0 Å². The Balaban J connectivity index is 1.98. The molecule has 1 aromatic rings. The van der Waals surface area contributed by atoms with Gasteiger partial charge in [-0.2, -0.15) is 0 Å². The zero-order valence-corrected chi connectivity index (χ0v) is 11.7. The second kappa shape index (κ2) is 9.92. The van der Waals surface area contributed by atoms with Crippen molar-refractivity contribution in [3.05, 3.63) is 30.3 Å². The highest BCUT2D eigenvalue weighted by Gasteiger charge is 1.99. The van der Waals surface area contributed by atoms with E-state index in [1.165, 1.54) is 13.0 Å². The molecule has 18 heavy (non-hydrogen) atoms. The second-order valence-corrected chi connectivity index (χ2v) is 4.35. The lowest BCUT2D eigenvalue weighted by atomic mass is 10.3. The van der Waals surface area contributed by atoms with E-state index >= 15 is 0 Å². The Hall–Kier alpha value is -1.06. The number of nitrogens with zero attached hydrogens (tertiary/aromatic N) is 1. The Bertz CT molecular complexity index is 290. The van der Waals surface area contributed by atoms with Crippen LogP contribution in [0, 0.1) is 0 Å². The van der Waals surface area contributed by atoms with Gasteiger partial charge in [0.25, 0.3) is 0 Å². The zero-order valence-electron chi connectivity index (χ0n) is 11.7. The van der Waals surface area contributed by atoms with Gasteiger partial charge < -0.3 is 15.0 Å². The Morgan fingerprint density at radius 2 is 1.83 bits per heavy atom. The molecule has 0 aliphatic carbocycles. The predicted molar refractivity (Wildman–Crippen MR) is 77.2 cm³/mol. The first-order chi connectivity index (χ1) is 8.86. The van der Waals surface area contributed by atoms with Crippen LogP contribution in [0.5, 0.6) is 5.75 Å². The van der Waals surface area contributed by atoms with Gasteiger partial charge in [-0.25, -0.2) is 0 Å². The molecule has 0 fully saturated rings. The molecule has 0 aliphatic rings. The molecule has 1 rings (SSSR count). The van der Waals surface area contributed by atoms with Crippen LogP contribution >= 0.6 is 0 Å². The molecule has 3 nitrogen and oxygen atoms in total. The van der Waals surface area contributed by atoms with E-state index < -0.39 is 0 Å². The van der Waals surface area contributed by atoms with E-state index in [1.807, 2.05) is 30.3 Å². The molecule has 0 heterocycles. The Labute approximate surface area is 111 Å². The normalized spacial score (nSPS) is 10.8. The molecule has 0 spiro atoms. The van der Waals surface area contributed by atoms with Gasteiger partial charge in [-0.05, 0) is 31.6 Å². The molecular formula is C15H26N2O. The first-order valence-electron chi connectivity index (χ1n) is 6.97. The van der Waals surface area contributed by atoms with E-state index in [2.05, 4.69) is 24.1 Å². The Morgan fingerprint density at radius 1 is 1.06 bits per heavy atom. The fraction of sp³-hybridized carbons (Fsp3) is 0.600. The topological polar surface area (TPSA) is 24.5 Å². The Kier molecular flexibility index (Phi) is 8.26. The summed E-state index contributed by atoms with van der Waals surface area (Å²) in [6, 6.07) is 9.96. The number of para-hydroxylation sites is 1. The summed E-state index contributed by atoms with van der Waals surface area (Å²) >= 11 is 0. The van der Waals surface area contributed by atoms with Crippen LogP contribution in [-0.4, -0.2) is 44.2 Å². The number of hydrogen-bond acceptors (Lipinski definition) is 3. The molecule has 3 heteroatoms. The van der Waals surface area contributed by atoms with Gasteiger partial charge in [0.05, 0.1) is 0 Å². The molecule has 0 saturated heterocycles. The molecule has 0 unspecified atom stereocenters. The van der Waals surface area contributed by atoms with Crippen molar-refractivity contribution in [2.24, 2.45) is 0 Å². The number of rotatable bonds is 10. The summed E-state index contributed by atoms with van der Waals surface area (Å²) in [6.45, 7) is 10.6. The first kappa shape index (κ1) is 15.0. The molecule has 0 aromatic heterocycles. The van der Waals surface area contributed by atoms with E-state index in [9.17, 15) is 0 Å². The van der Waals surface area contributed by atoms with Crippen LogP contribution in [0.2, 0.25) is 0 Å². The summed E-state index contributed by atoms with van der Waals surface area (Å²) in [5.74, 6) is 0.945. The third-order valence-corrected chi connectivity index (χ3v) is 2.88. The summed E-state index contributed by atoms with van der Waals surface area (Å²) in [6.07, 6.45) is 1.23. The van der Waals surface area contributed by atoms with E-state index in [1.54, 1.807) is 0 Å². The summed E-state index contributed by atoms with van der Waals surface area (Å²) in [7, 11) is 0. The highest BCUT2D eigenvalue weighted by molar-refractivity contribution is 5.20. The van der Waals surface area contributed by atoms with Crippen LogP contribution in [0.25, 0.3) is 0 Å². The smallest absolute Gasteiger partial charge is 0.119 e. The average Bonchev–Trinajstić information content (AvgIpc) is 2.42. The van der Waals surface area contributed by atoms with E-state index in [0.717, 1.165) is 38.5 Å². The van der Waals surface area contributed by atoms with Crippen LogP contribution in [0.1, 0.15) is 20.3 Å². The maximum absolute atomic E-state index is 5.61. The number of nitrogens with one attached hydrogen (secondary N) is 1. The summed E-state index contributed by atoms with van der Waals surface area (Å²) in [5, 5.41) is 3.41. The van der Waals surface area contributed by atoms with Crippen LogP contribution in [0.15, 0.2) is 30.3 Å². The largest absolute Gasteiger partial charge is 0.492 e. The van der Waals surface area contributed by atoms with Crippen molar-refractivity contribution in [1.29, 1.82) is 0 Å². The van der Waals surface area contributed by atoms with Gasteiger partial charge in [0.15, 0.2) is 0 Å². The molecule has 0 aliphatic heterocycles. The standard InChI is InChI=1S/C15H26N2O/c1-3-12-17(4-2)13-10-16-11-14-18-15-8-6-5-7-9-15/h5-9,16H,3-4,10-14H2,1-2H3. The molecule has 0 saturated carbocycles. The van der Waals surface area contributed by atoms with Gasteiger partial charge in [0, 0.05) is 19.6 Å². The average molecular weight is 250 g/mol. The minimum absolute atomic E-state index is 0.726. The fourth-order valence-corrected chi connectivity index (χ4v) is 1.86. The highest BCUT2D eigenvalue weighted by Crippen LogP contribution is 2.07. The molecule has 0 amide bonds. The summed E-state index contributed by atoms with van der Waals surface area (Å²) in [4.78, 5) is 2.46. The lowest BCUT2D eigenvalue weighted by Gasteiger charge is -2.19. The SMILES string of the molecule is CCCN(CC)CCNCCOc1ccccc1. The van der Waals surface area contributed by atoms with Gasteiger partial charge in [-0.1, -0.05) is 32.0 Å². The van der Waals surface area contributed by atoms with E-state index in [4.69, 9.17) is 4.74 Å². The number of likely N-dealkylation sites (N-methyl/N-ethyl adjacent to an activating group) is 1. The van der Waals surface area contributed by atoms with Crippen LogP contribution < -0.4 is 10.1 Å². The van der Waals surface area contributed by atoms with Crippen LogP contribution in [0.4, 0.5) is 0 Å². The summed E-state index contributed by atoms with van der Waals surface area (Å²) < 4.78 is 5.61. The van der Waals surface area contributed by atoms with Crippen molar-refractivity contribution in [2.75, 3.05) is 39.3 Å². The maximum Gasteiger partial charge on any atom is 0.119 e. The molecule has 1 N–H and O–H groups in total. The highest BCUT2D eigenvalue weighted by atomic mass is 16.5. The van der Waals surface area contributed by atoms with Gasteiger partial charge in [-0.15, -0.1) is 0 Å². The molecule has 0 bridgehead atoms.